The smallest absolute Gasteiger partial charge is 0.269 e. The number of oxazole rings is 1. The predicted octanol–water partition coefficient (Wildman–Crippen LogP) is 4.79. The Morgan fingerprint density at radius 1 is 1.19 bits per heavy atom. The molecule has 0 aliphatic rings. The highest BCUT2D eigenvalue weighted by Crippen LogP contribution is 2.37. The number of hydrogen-bond donors (Lipinski definition) is 1. The van der Waals surface area contributed by atoms with Gasteiger partial charge in [0.15, 0.2) is 0 Å². The molecule has 6 nitrogen and oxygen atoms in total. The van der Waals surface area contributed by atoms with Crippen LogP contribution in [0.4, 0.5) is 5.69 Å². The minimum Gasteiger partial charge on any atom is -0.444 e. The van der Waals surface area contributed by atoms with Gasteiger partial charge in [0.25, 0.3) is 5.91 Å². The molecule has 26 heavy (non-hydrogen) atoms. The van der Waals surface area contributed by atoms with E-state index in [0.717, 1.165) is 38.1 Å². The molecule has 3 heterocycles. The summed E-state index contributed by atoms with van der Waals surface area (Å²) >= 11 is 2.73. The molecular formula is C18H14N4O2S2. The summed E-state index contributed by atoms with van der Waals surface area (Å²) in [6.45, 7) is 3.83. The van der Waals surface area contributed by atoms with Gasteiger partial charge in [-0.25, -0.2) is 4.98 Å². The molecule has 8 heteroatoms. The van der Waals surface area contributed by atoms with Gasteiger partial charge in [0.1, 0.15) is 11.1 Å². The van der Waals surface area contributed by atoms with Crippen LogP contribution in [-0.2, 0) is 0 Å². The first-order chi connectivity index (χ1) is 12.6. The third kappa shape index (κ3) is 3.16. The van der Waals surface area contributed by atoms with Gasteiger partial charge in [0.2, 0.25) is 5.89 Å². The molecule has 1 amide bonds. The first-order valence-corrected chi connectivity index (χ1v) is 9.42. The molecule has 1 aromatic carbocycles. The normalized spacial score (nSPS) is 10.8. The highest BCUT2D eigenvalue weighted by atomic mass is 32.1. The van der Waals surface area contributed by atoms with Crippen molar-refractivity contribution in [2.75, 3.05) is 5.32 Å². The average molecular weight is 382 g/mol. The molecule has 0 saturated heterocycles. The Kier molecular flexibility index (Phi) is 4.36. The van der Waals surface area contributed by atoms with Crippen LogP contribution in [0.15, 0.2) is 47.2 Å². The molecule has 1 N–H and O–H groups in total. The van der Waals surface area contributed by atoms with Crippen LogP contribution in [0, 0.1) is 13.8 Å². The van der Waals surface area contributed by atoms with Gasteiger partial charge < -0.3 is 9.73 Å². The van der Waals surface area contributed by atoms with Gasteiger partial charge in [-0.15, -0.1) is 16.4 Å². The number of nitrogens with zero attached hydrogens (tertiary/aromatic N) is 3. The van der Waals surface area contributed by atoms with E-state index < -0.39 is 0 Å². The summed E-state index contributed by atoms with van der Waals surface area (Å²) in [5, 5.41) is 6.74. The van der Waals surface area contributed by atoms with Crippen LogP contribution in [0.3, 0.4) is 0 Å². The molecule has 0 atom stereocenters. The highest BCUT2D eigenvalue weighted by molar-refractivity contribution is 7.19. The standard InChI is InChI=1S/C18H14N4O2S2/c1-10-9-14(18-19-7-8-24-18)25-15(10)12-3-5-13(6-4-12)20-17(23)16-11(2)21-22-26-16/h3-9H,1-2H3,(H,20,23). The second-order valence-electron chi connectivity index (χ2n) is 5.68. The van der Waals surface area contributed by atoms with Crippen molar-refractivity contribution in [3.8, 4) is 21.2 Å². The van der Waals surface area contributed by atoms with Gasteiger partial charge in [0.05, 0.1) is 16.8 Å². The maximum atomic E-state index is 12.2. The summed E-state index contributed by atoms with van der Waals surface area (Å²) in [5.41, 5.74) is 3.61. The fraction of sp³-hybridized carbons (Fsp3) is 0.111. The number of amides is 1. The fourth-order valence-corrected chi connectivity index (χ4v) is 4.22. The SMILES string of the molecule is Cc1cc(-c2ncco2)sc1-c1ccc(NC(=O)c2snnc2C)cc1. The Morgan fingerprint density at radius 3 is 2.65 bits per heavy atom. The summed E-state index contributed by atoms with van der Waals surface area (Å²) in [5.74, 6) is 0.436. The molecule has 130 valence electrons. The summed E-state index contributed by atoms with van der Waals surface area (Å²) < 4.78 is 9.16. The van der Waals surface area contributed by atoms with Crippen LogP contribution in [0.2, 0.25) is 0 Å². The molecule has 0 spiro atoms. The largest absolute Gasteiger partial charge is 0.444 e. The molecule has 0 aliphatic heterocycles. The maximum absolute atomic E-state index is 12.2. The Bertz CT molecular complexity index is 1050. The van der Waals surface area contributed by atoms with Crippen molar-refractivity contribution >= 4 is 34.5 Å². The molecule has 0 radical (unpaired) electrons. The molecule has 4 rings (SSSR count). The first kappa shape index (κ1) is 16.6. The lowest BCUT2D eigenvalue weighted by Gasteiger charge is -2.05. The summed E-state index contributed by atoms with van der Waals surface area (Å²) in [4.78, 5) is 19.1. The van der Waals surface area contributed by atoms with Gasteiger partial charge in [0, 0.05) is 10.6 Å². The number of carbonyl (C=O) groups excluding carboxylic acids is 1. The van der Waals surface area contributed by atoms with E-state index in [1.54, 1.807) is 30.7 Å². The van der Waals surface area contributed by atoms with Crippen LogP contribution in [0.1, 0.15) is 20.9 Å². The second-order valence-corrected chi connectivity index (χ2v) is 7.49. The number of rotatable bonds is 4. The quantitative estimate of drug-likeness (QED) is 0.549. The summed E-state index contributed by atoms with van der Waals surface area (Å²) in [6.07, 6.45) is 3.21. The summed E-state index contributed by atoms with van der Waals surface area (Å²) in [7, 11) is 0. The van der Waals surface area contributed by atoms with Crippen LogP contribution in [-0.4, -0.2) is 20.5 Å². The van der Waals surface area contributed by atoms with Gasteiger partial charge in [-0.2, -0.15) is 0 Å². The number of thiophene rings is 1. The van der Waals surface area contributed by atoms with Gasteiger partial charge in [-0.1, -0.05) is 16.6 Å². The van der Waals surface area contributed by atoms with Crippen molar-refractivity contribution < 1.29 is 9.21 Å². The Labute approximate surface area is 157 Å². The maximum Gasteiger partial charge on any atom is 0.269 e. The van der Waals surface area contributed by atoms with E-state index in [4.69, 9.17) is 4.42 Å². The molecule has 0 fully saturated rings. The zero-order chi connectivity index (χ0) is 18.1. The van der Waals surface area contributed by atoms with Crippen LogP contribution in [0.25, 0.3) is 21.2 Å². The number of carbonyl (C=O) groups is 1. The molecular weight excluding hydrogens is 368 g/mol. The van der Waals surface area contributed by atoms with Gasteiger partial charge >= 0.3 is 0 Å². The number of anilines is 1. The zero-order valence-corrected chi connectivity index (χ0v) is 15.6. The van der Waals surface area contributed by atoms with E-state index in [1.165, 1.54) is 0 Å². The van der Waals surface area contributed by atoms with Crippen LogP contribution >= 0.6 is 22.9 Å². The van der Waals surface area contributed by atoms with E-state index in [9.17, 15) is 4.79 Å². The van der Waals surface area contributed by atoms with Gasteiger partial charge in [-0.3, -0.25) is 4.79 Å². The molecule has 0 saturated carbocycles. The van der Waals surface area contributed by atoms with Crippen molar-refractivity contribution in [2.24, 2.45) is 0 Å². The number of benzene rings is 1. The number of aryl methyl sites for hydroxylation is 2. The summed E-state index contributed by atoms with van der Waals surface area (Å²) in [6, 6.07) is 9.83. The van der Waals surface area contributed by atoms with Crippen LogP contribution in [0.5, 0.6) is 0 Å². The number of aromatic nitrogens is 3. The zero-order valence-electron chi connectivity index (χ0n) is 14.0. The van der Waals surface area contributed by atoms with E-state index in [-0.39, 0.29) is 5.91 Å². The molecule has 0 unspecified atom stereocenters. The topological polar surface area (TPSA) is 80.9 Å². The Morgan fingerprint density at radius 2 is 2.00 bits per heavy atom. The van der Waals surface area contributed by atoms with Crippen LogP contribution < -0.4 is 5.32 Å². The third-order valence-corrected chi connectivity index (χ3v) is 5.92. The lowest BCUT2D eigenvalue weighted by atomic mass is 10.1. The minimum absolute atomic E-state index is 0.191. The molecule has 0 aliphatic carbocycles. The first-order valence-electron chi connectivity index (χ1n) is 7.83. The molecule has 4 aromatic rings. The molecule has 3 aromatic heterocycles. The third-order valence-electron chi connectivity index (χ3n) is 3.82. The molecule has 0 bridgehead atoms. The Balaban J connectivity index is 1.55. The van der Waals surface area contributed by atoms with Crippen molar-refractivity contribution in [2.45, 2.75) is 13.8 Å². The van der Waals surface area contributed by atoms with Gasteiger partial charge in [-0.05, 0) is 54.7 Å². The van der Waals surface area contributed by atoms with Crippen molar-refractivity contribution in [1.29, 1.82) is 0 Å². The highest BCUT2D eigenvalue weighted by Gasteiger charge is 2.14. The second kappa shape index (κ2) is 6.81. The number of hydrogen-bond acceptors (Lipinski definition) is 7. The van der Waals surface area contributed by atoms with E-state index in [1.807, 2.05) is 24.3 Å². The van der Waals surface area contributed by atoms with E-state index >= 15 is 0 Å². The Hall–Kier alpha value is -2.84. The minimum atomic E-state index is -0.191. The fourth-order valence-electron chi connectivity index (χ4n) is 2.55. The van der Waals surface area contributed by atoms with E-state index in [0.29, 0.717) is 16.5 Å². The lowest BCUT2D eigenvalue weighted by Crippen LogP contribution is -2.11. The lowest BCUT2D eigenvalue weighted by molar-refractivity contribution is 0.103. The van der Waals surface area contributed by atoms with E-state index in [2.05, 4.69) is 32.9 Å². The monoisotopic (exact) mass is 382 g/mol. The van der Waals surface area contributed by atoms with Crippen molar-refractivity contribution in [3.63, 3.8) is 0 Å². The average Bonchev–Trinajstić information content (AvgIpc) is 3.36. The number of nitrogens with one attached hydrogen (secondary N) is 1. The van der Waals surface area contributed by atoms with Crippen molar-refractivity contribution in [3.05, 3.63) is 58.9 Å². The van der Waals surface area contributed by atoms with Crippen molar-refractivity contribution in [1.82, 2.24) is 14.6 Å². The predicted molar refractivity (Wildman–Crippen MR) is 103 cm³/mol.